The molecule has 1 aromatic rings. The Morgan fingerprint density at radius 1 is 1.30 bits per heavy atom. The summed E-state index contributed by atoms with van der Waals surface area (Å²) in [5, 5.41) is 1.40. The van der Waals surface area contributed by atoms with Gasteiger partial charge in [0.1, 0.15) is 0 Å². The Morgan fingerprint density at radius 3 is 2.55 bits per heavy atom. The Bertz CT molecular complexity index is 413. The van der Waals surface area contributed by atoms with Crippen molar-refractivity contribution < 1.29 is 4.79 Å². The summed E-state index contributed by atoms with van der Waals surface area (Å²) in [5.41, 5.74) is 1.41. The van der Waals surface area contributed by atoms with Gasteiger partial charge in [0, 0.05) is 20.0 Å². The van der Waals surface area contributed by atoms with Crippen molar-refractivity contribution in [2.24, 2.45) is 5.84 Å². The van der Waals surface area contributed by atoms with E-state index in [1.165, 1.54) is 23.9 Å². The van der Waals surface area contributed by atoms with Gasteiger partial charge in [-0.2, -0.15) is 0 Å². The first kappa shape index (κ1) is 15.0. The number of hydrogen-bond acceptors (Lipinski definition) is 3. The minimum absolute atomic E-state index is 0.0347. The Hall–Kier alpha value is -1.39. The quantitative estimate of drug-likeness (QED) is 0.506. The van der Waals surface area contributed by atoms with Crippen LogP contribution in [0.15, 0.2) is 30.3 Å². The van der Waals surface area contributed by atoms with Gasteiger partial charge >= 0.3 is 0 Å². The molecule has 1 saturated heterocycles. The summed E-state index contributed by atoms with van der Waals surface area (Å²) in [4.78, 5) is 13.7. The van der Waals surface area contributed by atoms with Gasteiger partial charge in [-0.25, -0.2) is 5.84 Å². The molecular formula is C16H25N3O. The molecule has 0 atom stereocenters. The third-order valence-corrected chi connectivity index (χ3v) is 4.10. The SMILES string of the molecule is CC(=O)N(N)C1CCN(CCCc2ccccc2)CC1. The molecule has 0 aliphatic carbocycles. The molecule has 20 heavy (non-hydrogen) atoms. The number of amides is 1. The molecule has 0 unspecified atom stereocenters. The van der Waals surface area contributed by atoms with Crippen LogP contribution in [0, 0.1) is 0 Å². The van der Waals surface area contributed by atoms with Crippen LogP contribution in [0.5, 0.6) is 0 Å². The molecule has 1 amide bonds. The lowest BCUT2D eigenvalue weighted by Crippen LogP contribution is -2.50. The molecule has 2 N–H and O–H groups in total. The molecule has 1 aliphatic rings. The second-order valence-electron chi connectivity index (χ2n) is 5.59. The normalized spacial score (nSPS) is 17.1. The zero-order valence-corrected chi connectivity index (χ0v) is 12.3. The molecule has 1 fully saturated rings. The van der Waals surface area contributed by atoms with Gasteiger partial charge in [-0.15, -0.1) is 0 Å². The Balaban J connectivity index is 1.66. The van der Waals surface area contributed by atoms with Crippen LogP contribution >= 0.6 is 0 Å². The number of carbonyl (C=O) groups is 1. The molecule has 0 spiro atoms. The number of nitrogens with two attached hydrogens (primary N) is 1. The number of piperidine rings is 1. The second kappa shape index (κ2) is 7.41. The van der Waals surface area contributed by atoms with E-state index in [9.17, 15) is 4.79 Å². The molecule has 2 rings (SSSR count). The van der Waals surface area contributed by atoms with Crippen LogP contribution in [0.4, 0.5) is 0 Å². The second-order valence-corrected chi connectivity index (χ2v) is 5.59. The lowest BCUT2D eigenvalue weighted by atomic mass is 10.0. The number of rotatable bonds is 5. The number of nitrogens with zero attached hydrogens (tertiary/aromatic N) is 2. The fourth-order valence-corrected chi connectivity index (χ4v) is 2.83. The zero-order valence-electron chi connectivity index (χ0n) is 12.3. The summed E-state index contributed by atoms with van der Waals surface area (Å²) in [6.07, 6.45) is 4.30. The number of hydrazine groups is 1. The molecule has 0 aromatic heterocycles. The van der Waals surface area contributed by atoms with Crippen molar-refractivity contribution in [3.8, 4) is 0 Å². The maximum Gasteiger partial charge on any atom is 0.233 e. The van der Waals surface area contributed by atoms with E-state index < -0.39 is 0 Å². The lowest BCUT2D eigenvalue weighted by Gasteiger charge is -2.35. The molecule has 1 heterocycles. The molecule has 0 radical (unpaired) electrons. The van der Waals surface area contributed by atoms with Gasteiger partial charge in [-0.3, -0.25) is 9.80 Å². The first-order chi connectivity index (χ1) is 9.66. The number of aryl methyl sites for hydroxylation is 1. The van der Waals surface area contributed by atoms with Gasteiger partial charge in [0.05, 0.1) is 6.04 Å². The van der Waals surface area contributed by atoms with Gasteiger partial charge in [-0.1, -0.05) is 30.3 Å². The maximum absolute atomic E-state index is 11.2. The number of hydrogen-bond donors (Lipinski definition) is 1. The Labute approximate surface area is 121 Å². The predicted molar refractivity (Wildman–Crippen MR) is 80.9 cm³/mol. The Kier molecular flexibility index (Phi) is 5.56. The van der Waals surface area contributed by atoms with Crippen LogP contribution in [0.1, 0.15) is 31.7 Å². The zero-order chi connectivity index (χ0) is 14.4. The summed E-state index contributed by atoms with van der Waals surface area (Å²) in [6, 6.07) is 10.8. The fraction of sp³-hybridized carbons (Fsp3) is 0.562. The predicted octanol–water partition coefficient (Wildman–Crippen LogP) is 1.81. The van der Waals surface area contributed by atoms with E-state index >= 15 is 0 Å². The van der Waals surface area contributed by atoms with Crippen LogP contribution in [-0.2, 0) is 11.2 Å². The van der Waals surface area contributed by atoms with Crippen LogP contribution in [0.25, 0.3) is 0 Å². The van der Waals surface area contributed by atoms with E-state index in [0.29, 0.717) is 0 Å². The highest BCUT2D eigenvalue weighted by Crippen LogP contribution is 2.15. The fourth-order valence-electron chi connectivity index (χ4n) is 2.83. The van der Waals surface area contributed by atoms with E-state index in [-0.39, 0.29) is 11.9 Å². The highest BCUT2D eigenvalue weighted by Gasteiger charge is 2.23. The van der Waals surface area contributed by atoms with Crippen molar-refractivity contribution in [2.75, 3.05) is 19.6 Å². The monoisotopic (exact) mass is 275 g/mol. The summed E-state index contributed by atoms with van der Waals surface area (Å²) >= 11 is 0. The van der Waals surface area contributed by atoms with Gasteiger partial charge in [0.25, 0.3) is 0 Å². The van der Waals surface area contributed by atoms with Gasteiger partial charge in [0.15, 0.2) is 0 Å². The molecule has 1 aliphatic heterocycles. The van der Waals surface area contributed by atoms with Crippen molar-refractivity contribution in [1.29, 1.82) is 0 Å². The number of benzene rings is 1. The average molecular weight is 275 g/mol. The molecule has 0 saturated carbocycles. The minimum Gasteiger partial charge on any atom is -0.303 e. The summed E-state index contributed by atoms with van der Waals surface area (Å²) < 4.78 is 0. The third-order valence-electron chi connectivity index (χ3n) is 4.10. The van der Waals surface area contributed by atoms with E-state index in [4.69, 9.17) is 5.84 Å². The minimum atomic E-state index is -0.0347. The van der Waals surface area contributed by atoms with Crippen LogP contribution in [-0.4, -0.2) is 41.5 Å². The highest BCUT2D eigenvalue weighted by molar-refractivity contribution is 5.72. The summed E-state index contributed by atoms with van der Waals surface area (Å²) in [5.74, 6) is 5.74. The van der Waals surface area contributed by atoms with Crippen molar-refractivity contribution in [1.82, 2.24) is 9.91 Å². The smallest absolute Gasteiger partial charge is 0.233 e. The average Bonchev–Trinajstić information content (AvgIpc) is 2.48. The molecule has 1 aromatic carbocycles. The molecular weight excluding hydrogens is 250 g/mol. The number of carbonyl (C=O) groups excluding carboxylic acids is 1. The summed E-state index contributed by atoms with van der Waals surface area (Å²) in [6.45, 7) is 4.75. The lowest BCUT2D eigenvalue weighted by molar-refractivity contribution is -0.132. The Morgan fingerprint density at radius 2 is 1.95 bits per heavy atom. The largest absolute Gasteiger partial charge is 0.303 e. The molecule has 110 valence electrons. The topological polar surface area (TPSA) is 49.6 Å². The van der Waals surface area contributed by atoms with Gasteiger partial charge in [0.2, 0.25) is 5.91 Å². The van der Waals surface area contributed by atoms with Gasteiger partial charge < -0.3 is 4.90 Å². The van der Waals surface area contributed by atoms with Crippen molar-refractivity contribution >= 4 is 5.91 Å². The van der Waals surface area contributed by atoms with E-state index in [0.717, 1.165) is 38.9 Å². The standard InChI is InChI=1S/C16H25N3O/c1-14(20)19(17)16-9-12-18(13-10-16)11-5-8-15-6-3-2-4-7-15/h2-4,6-7,16H,5,8-13,17H2,1H3. The van der Waals surface area contributed by atoms with Crippen LogP contribution in [0.3, 0.4) is 0 Å². The first-order valence-corrected chi connectivity index (χ1v) is 7.47. The highest BCUT2D eigenvalue weighted by atomic mass is 16.2. The number of likely N-dealkylation sites (tertiary alicyclic amines) is 1. The van der Waals surface area contributed by atoms with Crippen LogP contribution < -0.4 is 5.84 Å². The molecule has 4 nitrogen and oxygen atoms in total. The first-order valence-electron chi connectivity index (χ1n) is 7.47. The third kappa shape index (κ3) is 4.32. The van der Waals surface area contributed by atoms with E-state index in [2.05, 4.69) is 35.2 Å². The van der Waals surface area contributed by atoms with Crippen LogP contribution in [0.2, 0.25) is 0 Å². The summed E-state index contributed by atoms with van der Waals surface area (Å²) in [7, 11) is 0. The van der Waals surface area contributed by atoms with E-state index in [1.807, 2.05) is 0 Å². The van der Waals surface area contributed by atoms with Crippen molar-refractivity contribution in [3.63, 3.8) is 0 Å². The molecule has 4 heteroatoms. The van der Waals surface area contributed by atoms with Crippen molar-refractivity contribution in [2.45, 2.75) is 38.6 Å². The van der Waals surface area contributed by atoms with Gasteiger partial charge in [-0.05, 0) is 37.8 Å². The molecule has 0 bridgehead atoms. The van der Waals surface area contributed by atoms with Crippen molar-refractivity contribution in [3.05, 3.63) is 35.9 Å². The maximum atomic E-state index is 11.2. The van der Waals surface area contributed by atoms with E-state index in [1.54, 1.807) is 0 Å².